The molecule has 0 saturated carbocycles. The fourth-order valence-electron chi connectivity index (χ4n) is 4.34. The minimum atomic E-state index is -0.0120. The number of aliphatic imine (C=N–C) groups is 1. The number of carbonyl (C=O) groups excluding carboxylic acids is 1. The number of likely N-dealkylation sites (tertiary alicyclic amines) is 2. The van der Waals surface area contributed by atoms with Crippen molar-refractivity contribution in [3.63, 3.8) is 0 Å². The van der Waals surface area contributed by atoms with Crippen molar-refractivity contribution in [2.45, 2.75) is 45.3 Å². The molecule has 2 aliphatic rings. The van der Waals surface area contributed by atoms with Gasteiger partial charge in [-0.05, 0) is 49.6 Å². The zero-order valence-corrected chi connectivity index (χ0v) is 22.2. The molecule has 0 radical (unpaired) electrons. The number of hydrogen-bond acceptors (Lipinski definition) is 3. The number of rotatable bonds is 6. The van der Waals surface area contributed by atoms with Gasteiger partial charge in [0.25, 0.3) is 0 Å². The van der Waals surface area contributed by atoms with Gasteiger partial charge in [-0.25, -0.2) is 9.79 Å². The fourth-order valence-corrected chi connectivity index (χ4v) is 4.34. The highest BCUT2D eigenvalue weighted by molar-refractivity contribution is 14.0. The van der Waals surface area contributed by atoms with Crippen molar-refractivity contribution in [3.05, 3.63) is 60.2 Å². The van der Waals surface area contributed by atoms with Crippen LogP contribution in [0, 0.1) is 0 Å². The number of urea groups is 1. The van der Waals surface area contributed by atoms with E-state index >= 15 is 0 Å². The Hall–Kier alpha value is -2.49. The number of ether oxygens (including phenoxy) is 1. The SMILES string of the molecule is CCNC(=NCc1cccc(NC(=O)N2CCCC2)c1)N1CCC(Oc2ccccc2)CC1.I. The summed E-state index contributed by atoms with van der Waals surface area (Å²) in [6.45, 7) is 6.99. The van der Waals surface area contributed by atoms with Crippen molar-refractivity contribution in [2.75, 3.05) is 38.0 Å². The lowest BCUT2D eigenvalue weighted by molar-refractivity contribution is 0.129. The molecule has 34 heavy (non-hydrogen) atoms. The van der Waals surface area contributed by atoms with Crippen LogP contribution in [0.1, 0.15) is 38.2 Å². The Morgan fingerprint density at radius 1 is 1.00 bits per heavy atom. The van der Waals surface area contributed by atoms with E-state index in [0.29, 0.717) is 6.54 Å². The molecule has 2 heterocycles. The standard InChI is InChI=1S/C26H35N5O2.HI/c1-2-27-25(30-17-13-24(14-18-30)33-23-11-4-3-5-12-23)28-20-21-9-8-10-22(19-21)29-26(32)31-15-6-7-16-31;/h3-5,8-12,19,24H,2,6-7,13-18,20H2,1H3,(H,27,28)(H,29,32);1H. The average Bonchev–Trinajstić information content (AvgIpc) is 3.39. The molecule has 2 N–H and O–H groups in total. The minimum absolute atomic E-state index is 0. The van der Waals surface area contributed by atoms with Crippen molar-refractivity contribution in [1.29, 1.82) is 0 Å². The van der Waals surface area contributed by atoms with Gasteiger partial charge in [-0.2, -0.15) is 0 Å². The second-order valence-corrected chi connectivity index (χ2v) is 8.61. The number of anilines is 1. The van der Waals surface area contributed by atoms with Gasteiger partial charge in [-0.15, -0.1) is 24.0 Å². The third-order valence-corrected chi connectivity index (χ3v) is 6.11. The Labute approximate surface area is 220 Å². The molecule has 0 unspecified atom stereocenters. The van der Waals surface area contributed by atoms with Crippen molar-refractivity contribution >= 4 is 41.7 Å². The number of guanidine groups is 1. The van der Waals surface area contributed by atoms with E-state index in [-0.39, 0.29) is 36.1 Å². The smallest absolute Gasteiger partial charge is 0.321 e. The first kappa shape index (κ1) is 26.1. The monoisotopic (exact) mass is 577 g/mol. The molecule has 4 rings (SSSR count). The summed E-state index contributed by atoms with van der Waals surface area (Å²) in [6, 6.07) is 18.0. The number of benzene rings is 2. The van der Waals surface area contributed by atoms with E-state index in [4.69, 9.17) is 9.73 Å². The highest BCUT2D eigenvalue weighted by Gasteiger charge is 2.23. The molecule has 0 atom stereocenters. The first-order valence-electron chi connectivity index (χ1n) is 12.1. The Kier molecular flexibility index (Phi) is 10.3. The van der Waals surface area contributed by atoms with Crippen molar-refractivity contribution in [1.82, 2.24) is 15.1 Å². The van der Waals surface area contributed by atoms with Gasteiger partial charge in [-0.1, -0.05) is 30.3 Å². The zero-order valence-electron chi connectivity index (χ0n) is 19.9. The van der Waals surface area contributed by atoms with Crippen LogP contribution in [-0.4, -0.2) is 60.6 Å². The highest BCUT2D eigenvalue weighted by atomic mass is 127. The van der Waals surface area contributed by atoms with E-state index in [1.54, 1.807) is 0 Å². The van der Waals surface area contributed by atoms with E-state index in [2.05, 4.69) is 28.5 Å². The molecule has 0 aliphatic carbocycles. The van der Waals surface area contributed by atoms with Crippen LogP contribution >= 0.6 is 24.0 Å². The summed E-state index contributed by atoms with van der Waals surface area (Å²) in [5, 5.41) is 6.45. The van der Waals surface area contributed by atoms with Gasteiger partial charge < -0.3 is 25.2 Å². The third-order valence-electron chi connectivity index (χ3n) is 6.11. The molecular formula is C26H36IN5O2. The molecule has 8 heteroatoms. The number of nitrogens with zero attached hydrogens (tertiary/aromatic N) is 3. The maximum atomic E-state index is 12.4. The number of piperidine rings is 1. The maximum absolute atomic E-state index is 12.4. The van der Waals surface area contributed by atoms with E-state index in [0.717, 1.165) is 81.4 Å². The summed E-state index contributed by atoms with van der Waals surface area (Å²) in [4.78, 5) is 21.5. The molecule has 184 valence electrons. The van der Waals surface area contributed by atoms with Gasteiger partial charge in [0.1, 0.15) is 11.9 Å². The number of nitrogens with one attached hydrogen (secondary N) is 2. The van der Waals surface area contributed by atoms with Crippen LogP contribution < -0.4 is 15.4 Å². The van der Waals surface area contributed by atoms with Crippen LogP contribution in [0.3, 0.4) is 0 Å². The van der Waals surface area contributed by atoms with Crippen LogP contribution in [0.15, 0.2) is 59.6 Å². The number of amides is 2. The Morgan fingerprint density at radius 2 is 1.74 bits per heavy atom. The molecule has 7 nitrogen and oxygen atoms in total. The lowest BCUT2D eigenvalue weighted by Gasteiger charge is -2.34. The third kappa shape index (κ3) is 7.51. The molecule has 2 saturated heterocycles. The first-order valence-corrected chi connectivity index (χ1v) is 12.1. The second-order valence-electron chi connectivity index (χ2n) is 8.61. The van der Waals surface area contributed by atoms with Crippen LogP contribution in [-0.2, 0) is 6.54 Å². The quantitative estimate of drug-likeness (QED) is 0.290. The molecular weight excluding hydrogens is 541 g/mol. The maximum Gasteiger partial charge on any atom is 0.321 e. The summed E-state index contributed by atoms with van der Waals surface area (Å²) in [6.07, 6.45) is 4.35. The van der Waals surface area contributed by atoms with E-state index in [1.807, 2.05) is 53.4 Å². The van der Waals surface area contributed by atoms with Gasteiger partial charge in [0.15, 0.2) is 5.96 Å². The highest BCUT2D eigenvalue weighted by Crippen LogP contribution is 2.19. The van der Waals surface area contributed by atoms with Gasteiger partial charge in [0.05, 0.1) is 6.54 Å². The van der Waals surface area contributed by atoms with Crippen LogP contribution in [0.2, 0.25) is 0 Å². The van der Waals surface area contributed by atoms with Crippen molar-refractivity contribution in [2.24, 2.45) is 4.99 Å². The summed E-state index contributed by atoms with van der Waals surface area (Å²) in [7, 11) is 0. The Bertz CT molecular complexity index is 926. The average molecular weight is 578 g/mol. The lowest BCUT2D eigenvalue weighted by atomic mass is 10.1. The normalized spacial score (nSPS) is 16.7. The second kappa shape index (κ2) is 13.4. The lowest BCUT2D eigenvalue weighted by Crippen LogP contribution is -2.47. The van der Waals surface area contributed by atoms with Gasteiger partial charge in [-0.3, -0.25) is 0 Å². The molecule has 0 bridgehead atoms. The van der Waals surface area contributed by atoms with E-state index in [9.17, 15) is 4.79 Å². The Balaban J connectivity index is 0.00000324. The summed E-state index contributed by atoms with van der Waals surface area (Å²) in [5.41, 5.74) is 1.90. The number of para-hydroxylation sites is 1. The molecule has 2 aromatic carbocycles. The van der Waals surface area contributed by atoms with E-state index < -0.39 is 0 Å². The molecule has 2 fully saturated rings. The molecule has 0 aromatic heterocycles. The molecule has 2 amide bonds. The molecule has 0 spiro atoms. The largest absolute Gasteiger partial charge is 0.490 e. The first-order chi connectivity index (χ1) is 16.2. The summed E-state index contributed by atoms with van der Waals surface area (Å²) < 4.78 is 6.13. The van der Waals surface area contributed by atoms with Crippen LogP contribution in [0.5, 0.6) is 5.75 Å². The zero-order chi connectivity index (χ0) is 22.9. The van der Waals surface area contributed by atoms with Gasteiger partial charge >= 0.3 is 6.03 Å². The fraction of sp³-hybridized carbons (Fsp3) is 0.462. The summed E-state index contributed by atoms with van der Waals surface area (Å²) >= 11 is 0. The van der Waals surface area contributed by atoms with Crippen molar-refractivity contribution in [3.8, 4) is 5.75 Å². The number of hydrogen-bond donors (Lipinski definition) is 2. The minimum Gasteiger partial charge on any atom is -0.490 e. The molecule has 2 aromatic rings. The number of carbonyl (C=O) groups is 1. The van der Waals surface area contributed by atoms with Gasteiger partial charge in [0, 0.05) is 51.3 Å². The van der Waals surface area contributed by atoms with Gasteiger partial charge in [0.2, 0.25) is 0 Å². The van der Waals surface area contributed by atoms with Crippen LogP contribution in [0.4, 0.5) is 10.5 Å². The van der Waals surface area contributed by atoms with Crippen LogP contribution in [0.25, 0.3) is 0 Å². The van der Waals surface area contributed by atoms with E-state index in [1.165, 1.54) is 0 Å². The summed E-state index contributed by atoms with van der Waals surface area (Å²) in [5.74, 6) is 1.87. The molecule has 2 aliphatic heterocycles. The van der Waals surface area contributed by atoms with Crippen molar-refractivity contribution < 1.29 is 9.53 Å². The predicted molar refractivity (Wildman–Crippen MR) is 148 cm³/mol. The predicted octanol–water partition coefficient (Wildman–Crippen LogP) is 4.94. The number of halogens is 1. The Morgan fingerprint density at radius 3 is 2.44 bits per heavy atom. The topological polar surface area (TPSA) is 69.2 Å².